The number of halogens is 1. The number of carbonyl (C=O) groups is 1. The lowest BCUT2D eigenvalue weighted by Crippen LogP contribution is -2.56. The number of amides is 1. The van der Waals surface area contributed by atoms with Crippen LogP contribution in [0.15, 0.2) is 28.7 Å². The predicted octanol–water partition coefficient (Wildman–Crippen LogP) is 1.66. The zero-order valence-corrected chi connectivity index (χ0v) is 12.7. The number of nitrogens with two attached hydrogens (primary N) is 1. The van der Waals surface area contributed by atoms with E-state index < -0.39 is 0 Å². The van der Waals surface area contributed by atoms with E-state index in [0.29, 0.717) is 13.1 Å². The second-order valence-corrected chi connectivity index (χ2v) is 5.58. The molecule has 1 aromatic rings. The number of piperazine rings is 1. The van der Waals surface area contributed by atoms with E-state index >= 15 is 0 Å². The van der Waals surface area contributed by atoms with Gasteiger partial charge in [0.15, 0.2) is 0 Å². The van der Waals surface area contributed by atoms with Crippen molar-refractivity contribution in [1.29, 1.82) is 0 Å². The maximum Gasteiger partial charge on any atom is 0.237 e. The van der Waals surface area contributed by atoms with Crippen molar-refractivity contribution < 1.29 is 4.79 Å². The Hall–Kier alpha value is -0.910. The van der Waals surface area contributed by atoms with Gasteiger partial charge in [-0.1, -0.05) is 41.1 Å². The van der Waals surface area contributed by atoms with Gasteiger partial charge >= 0.3 is 0 Å². The molecular weight excluding hydrogens is 306 g/mol. The summed E-state index contributed by atoms with van der Waals surface area (Å²) in [5, 5.41) is 2.92. The van der Waals surface area contributed by atoms with Crippen LogP contribution in [0.4, 0.5) is 0 Å². The van der Waals surface area contributed by atoms with E-state index in [1.165, 1.54) is 0 Å². The number of benzene rings is 1. The third-order valence-corrected chi connectivity index (χ3v) is 4.37. The number of hydrogen-bond acceptors (Lipinski definition) is 3. The lowest BCUT2D eigenvalue weighted by Gasteiger charge is -2.40. The van der Waals surface area contributed by atoms with Crippen molar-refractivity contribution in [3.63, 3.8) is 0 Å². The van der Waals surface area contributed by atoms with Gasteiger partial charge in [0.25, 0.3) is 0 Å². The van der Waals surface area contributed by atoms with Crippen molar-refractivity contribution in [2.75, 3.05) is 19.6 Å². The topological polar surface area (TPSA) is 58.4 Å². The van der Waals surface area contributed by atoms with Crippen LogP contribution in [0.1, 0.15) is 24.9 Å². The van der Waals surface area contributed by atoms with Crippen LogP contribution in [-0.4, -0.2) is 36.5 Å². The summed E-state index contributed by atoms with van der Waals surface area (Å²) < 4.78 is 1.05. The Morgan fingerprint density at radius 3 is 2.89 bits per heavy atom. The maximum absolute atomic E-state index is 12.0. The fourth-order valence-corrected chi connectivity index (χ4v) is 3.26. The van der Waals surface area contributed by atoms with Crippen molar-refractivity contribution in [2.45, 2.75) is 25.4 Å². The first-order valence-electron chi connectivity index (χ1n) is 6.67. The molecule has 1 amide bonds. The summed E-state index contributed by atoms with van der Waals surface area (Å²) >= 11 is 3.58. The summed E-state index contributed by atoms with van der Waals surface area (Å²) in [7, 11) is 0. The summed E-state index contributed by atoms with van der Waals surface area (Å²) in [6, 6.07) is 8.07. The maximum atomic E-state index is 12.0. The molecule has 0 aromatic heterocycles. The molecule has 0 aliphatic carbocycles. The highest BCUT2D eigenvalue weighted by Gasteiger charge is 2.33. The molecule has 2 unspecified atom stereocenters. The van der Waals surface area contributed by atoms with Gasteiger partial charge in [0.2, 0.25) is 5.91 Å². The van der Waals surface area contributed by atoms with Gasteiger partial charge in [-0.3, -0.25) is 9.69 Å². The fourth-order valence-electron chi connectivity index (χ4n) is 2.71. The van der Waals surface area contributed by atoms with Gasteiger partial charge in [-0.2, -0.15) is 0 Å². The Morgan fingerprint density at radius 1 is 1.53 bits per heavy atom. The lowest BCUT2D eigenvalue weighted by molar-refractivity contribution is -0.130. The van der Waals surface area contributed by atoms with Gasteiger partial charge in [-0.15, -0.1) is 0 Å². The molecule has 1 aliphatic heterocycles. The number of hydrogen-bond donors (Lipinski definition) is 2. The van der Waals surface area contributed by atoms with Crippen LogP contribution in [0.3, 0.4) is 0 Å². The monoisotopic (exact) mass is 325 g/mol. The SMILES string of the molecule is CCC1C(=O)NCCN1C(CN)c1ccccc1Br. The second kappa shape index (κ2) is 6.50. The van der Waals surface area contributed by atoms with Crippen LogP contribution in [0, 0.1) is 0 Å². The molecule has 4 nitrogen and oxygen atoms in total. The molecule has 104 valence electrons. The quantitative estimate of drug-likeness (QED) is 0.885. The average molecular weight is 326 g/mol. The minimum atomic E-state index is -0.0885. The lowest BCUT2D eigenvalue weighted by atomic mass is 10.0. The summed E-state index contributed by atoms with van der Waals surface area (Å²) in [6.07, 6.45) is 0.798. The Labute approximate surface area is 122 Å². The third kappa shape index (κ3) is 2.99. The molecule has 0 radical (unpaired) electrons. The molecule has 3 N–H and O–H groups in total. The zero-order valence-electron chi connectivity index (χ0n) is 11.1. The average Bonchev–Trinajstić information content (AvgIpc) is 2.42. The van der Waals surface area contributed by atoms with Crippen molar-refractivity contribution in [3.05, 3.63) is 34.3 Å². The van der Waals surface area contributed by atoms with Gasteiger partial charge in [-0.05, 0) is 18.1 Å². The Morgan fingerprint density at radius 2 is 2.26 bits per heavy atom. The molecule has 19 heavy (non-hydrogen) atoms. The van der Waals surface area contributed by atoms with Crippen LogP contribution >= 0.6 is 15.9 Å². The third-order valence-electron chi connectivity index (χ3n) is 3.65. The summed E-state index contributed by atoms with van der Waals surface area (Å²) in [6.45, 7) is 4.08. The molecule has 5 heteroatoms. The Kier molecular flexibility index (Phi) is 4.96. The highest BCUT2D eigenvalue weighted by Crippen LogP contribution is 2.29. The number of carbonyl (C=O) groups excluding carboxylic acids is 1. The molecule has 0 saturated carbocycles. The summed E-state index contributed by atoms with van der Waals surface area (Å²) in [5.41, 5.74) is 7.12. The van der Waals surface area contributed by atoms with Gasteiger partial charge in [-0.25, -0.2) is 0 Å². The van der Waals surface area contributed by atoms with Crippen molar-refractivity contribution in [2.24, 2.45) is 5.73 Å². The van der Waals surface area contributed by atoms with E-state index in [4.69, 9.17) is 5.73 Å². The first-order valence-corrected chi connectivity index (χ1v) is 7.46. The summed E-state index contributed by atoms with van der Waals surface area (Å²) in [4.78, 5) is 14.2. The molecule has 1 fully saturated rings. The smallest absolute Gasteiger partial charge is 0.237 e. The Bertz CT molecular complexity index is 452. The first kappa shape index (κ1) is 14.5. The van der Waals surface area contributed by atoms with E-state index in [1.807, 2.05) is 25.1 Å². The van der Waals surface area contributed by atoms with Gasteiger partial charge in [0, 0.05) is 30.1 Å². The van der Waals surface area contributed by atoms with E-state index in [2.05, 4.69) is 32.2 Å². The van der Waals surface area contributed by atoms with E-state index in [-0.39, 0.29) is 18.0 Å². The predicted molar refractivity (Wildman–Crippen MR) is 79.7 cm³/mol. The van der Waals surface area contributed by atoms with E-state index in [9.17, 15) is 4.79 Å². The minimum absolute atomic E-state index is 0.0755. The number of rotatable bonds is 4. The largest absolute Gasteiger partial charge is 0.353 e. The highest BCUT2D eigenvalue weighted by molar-refractivity contribution is 9.10. The minimum Gasteiger partial charge on any atom is -0.353 e. The molecule has 1 aromatic carbocycles. The summed E-state index contributed by atoms with van der Waals surface area (Å²) in [5.74, 6) is 0.110. The molecule has 0 spiro atoms. The second-order valence-electron chi connectivity index (χ2n) is 4.73. The normalized spacial score (nSPS) is 22.1. The van der Waals surface area contributed by atoms with Crippen LogP contribution < -0.4 is 11.1 Å². The van der Waals surface area contributed by atoms with Gasteiger partial charge in [0.05, 0.1) is 6.04 Å². The standard InChI is InChI=1S/C14H20BrN3O/c1-2-12-14(19)17-7-8-18(12)13(9-16)10-5-3-4-6-11(10)15/h3-6,12-13H,2,7-9,16H2,1H3,(H,17,19). The Balaban J connectivity index is 2.30. The number of nitrogens with zero attached hydrogens (tertiary/aromatic N) is 1. The molecule has 0 bridgehead atoms. The van der Waals surface area contributed by atoms with Crippen molar-refractivity contribution >= 4 is 21.8 Å². The molecule has 2 atom stereocenters. The van der Waals surface area contributed by atoms with Crippen LogP contribution in [0.5, 0.6) is 0 Å². The zero-order chi connectivity index (χ0) is 13.8. The van der Waals surface area contributed by atoms with Gasteiger partial charge in [0.1, 0.15) is 0 Å². The van der Waals surface area contributed by atoms with Crippen LogP contribution in [-0.2, 0) is 4.79 Å². The van der Waals surface area contributed by atoms with E-state index in [0.717, 1.165) is 23.0 Å². The van der Waals surface area contributed by atoms with Crippen molar-refractivity contribution in [3.8, 4) is 0 Å². The molecule has 2 rings (SSSR count). The van der Waals surface area contributed by atoms with Crippen molar-refractivity contribution in [1.82, 2.24) is 10.2 Å². The molecular formula is C14H20BrN3O. The van der Waals surface area contributed by atoms with Crippen LogP contribution in [0.2, 0.25) is 0 Å². The highest BCUT2D eigenvalue weighted by atomic mass is 79.9. The fraction of sp³-hybridized carbons (Fsp3) is 0.500. The number of nitrogens with one attached hydrogen (secondary N) is 1. The first-order chi connectivity index (χ1) is 9.19. The molecule has 1 aliphatic rings. The van der Waals surface area contributed by atoms with Crippen LogP contribution in [0.25, 0.3) is 0 Å². The van der Waals surface area contributed by atoms with E-state index in [1.54, 1.807) is 0 Å². The molecule has 1 saturated heterocycles. The molecule has 1 heterocycles. The van der Waals surface area contributed by atoms with Gasteiger partial charge < -0.3 is 11.1 Å².